The van der Waals surface area contributed by atoms with Crippen LogP contribution in [-0.2, 0) is 0 Å². The van der Waals surface area contributed by atoms with Gasteiger partial charge in [0.1, 0.15) is 11.6 Å². The van der Waals surface area contributed by atoms with Gasteiger partial charge in [-0.1, -0.05) is 0 Å². The molecule has 2 rings (SSSR count). The maximum atomic E-state index is 13.3. The number of benzene rings is 1. The van der Waals surface area contributed by atoms with E-state index in [0.29, 0.717) is 0 Å². The maximum absolute atomic E-state index is 13.3. The highest BCUT2D eigenvalue weighted by Crippen LogP contribution is 2.36. The van der Waals surface area contributed by atoms with Gasteiger partial charge in [0.05, 0.1) is 4.92 Å². The number of phenols is 2. The number of nitriles is 1. The smallest absolute Gasteiger partial charge is 0.371 e. The highest BCUT2D eigenvalue weighted by Gasteiger charge is 2.20. The lowest BCUT2D eigenvalue weighted by atomic mass is 10.1. The fourth-order valence-electron chi connectivity index (χ4n) is 1.85. The molecule has 0 amide bonds. The minimum absolute atomic E-state index is 0.0205. The SMILES string of the molecule is N#C/C(=C\c1cc(O)c(O)c([N+](=O)[O-])c1)c1cccc(F)[n+]1[O-]. The van der Waals surface area contributed by atoms with Crippen LogP contribution < -0.4 is 4.73 Å². The summed E-state index contributed by atoms with van der Waals surface area (Å²) in [5.41, 5.74) is -1.38. The second kappa shape index (κ2) is 5.98. The summed E-state index contributed by atoms with van der Waals surface area (Å²) >= 11 is 0. The molecule has 0 spiro atoms. The number of aromatic hydroxyl groups is 2. The summed E-state index contributed by atoms with van der Waals surface area (Å²) in [5, 5.41) is 50.4. The van der Waals surface area contributed by atoms with Gasteiger partial charge in [-0.05, 0) is 23.8 Å². The predicted octanol–water partition coefficient (Wildman–Crippen LogP) is 1.84. The molecule has 1 aromatic carbocycles. The van der Waals surface area contributed by atoms with Crippen molar-refractivity contribution in [3.8, 4) is 17.6 Å². The van der Waals surface area contributed by atoms with Gasteiger partial charge in [0, 0.05) is 18.2 Å². The number of aromatic nitrogens is 1. The van der Waals surface area contributed by atoms with E-state index in [2.05, 4.69) is 0 Å². The van der Waals surface area contributed by atoms with Gasteiger partial charge >= 0.3 is 11.6 Å². The Hall–Kier alpha value is -3.67. The number of pyridine rings is 1. The van der Waals surface area contributed by atoms with Crippen LogP contribution in [-0.4, -0.2) is 15.1 Å². The molecule has 0 unspecified atom stereocenters. The fourth-order valence-corrected chi connectivity index (χ4v) is 1.85. The Kier molecular flexibility index (Phi) is 4.09. The van der Waals surface area contributed by atoms with Gasteiger partial charge in [-0.15, -0.1) is 9.12 Å². The van der Waals surface area contributed by atoms with Gasteiger partial charge in [0.25, 0.3) is 0 Å². The molecule has 0 radical (unpaired) electrons. The molecule has 0 fully saturated rings. The molecule has 23 heavy (non-hydrogen) atoms. The normalized spacial score (nSPS) is 11.0. The molecule has 116 valence electrons. The summed E-state index contributed by atoms with van der Waals surface area (Å²) in [6.07, 6.45) is 1.05. The number of hydrogen-bond donors (Lipinski definition) is 2. The van der Waals surface area contributed by atoms with Crippen molar-refractivity contribution in [2.24, 2.45) is 0 Å². The number of nitro groups is 1. The largest absolute Gasteiger partial charge is 0.616 e. The zero-order valence-corrected chi connectivity index (χ0v) is 11.3. The molecule has 0 saturated heterocycles. The number of halogens is 1. The van der Waals surface area contributed by atoms with Gasteiger partial charge < -0.3 is 15.4 Å². The van der Waals surface area contributed by atoms with Crippen LogP contribution in [0.4, 0.5) is 10.1 Å². The predicted molar refractivity (Wildman–Crippen MR) is 75.3 cm³/mol. The third-order valence-corrected chi connectivity index (χ3v) is 2.90. The molecule has 0 bridgehead atoms. The molecular formula is C14H8FN3O5. The van der Waals surface area contributed by atoms with Crippen molar-refractivity contribution in [2.45, 2.75) is 0 Å². The molecule has 1 heterocycles. The Morgan fingerprint density at radius 1 is 1.39 bits per heavy atom. The summed E-state index contributed by atoms with van der Waals surface area (Å²) in [7, 11) is 0. The van der Waals surface area contributed by atoms with Crippen LogP contribution in [0.3, 0.4) is 0 Å². The molecule has 1 aromatic heterocycles. The Morgan fingerprint density at radius 3 is 2.70 bits per heavy atom. The summed E-state index contributed by atoms with van der Waals surface area (Å²) in [6, 6.07) is 6.87. The lowest BCUT2D eigenvalue weighted by molar-refractivity contribution is -0.639. The number of hydrogen-bond acceptors (Lipinski definition) is 6. The van der Waals surface area contributed by atoms with Crippen LogP contribution in [0.2, 0.25) is 0 Å². The molecule has 0 aliphatic carbocycles. The summed E-state index contributed by atoms with van der Waals surface area (Å²) in [5.74, 6) is -2.81. The van der Waals surface area contributed by atoms with Gasteiger partial charge in [0.2, 0.25) is 11.4 Å². The Labute approximate surface area is 128 Å². The molecule has 0 atom stereocenters. The van der Waals surface area contributed by atoms with Crippen molar-refractivity contribution in [1.82, 2.24) is 0 Å². The zero-order valence-electron chi connectivity index (χ0n) is 11.3. The summed E-state index contributed by atoms with van der Waals surface area (Å²) in [6.45, 7) is 0. The van der Waals surface area contributed by atoms with Crippen LogP contribution in [0.15, 0.2) is 30.3 Å². The van der Waals surface area contributed by atoms with Gasteiger partial charge in [-0.25, -0.2) is 0 Å². The second-order valence-corrected chi connectivity index (χ2v) is 4.36. The van der Waals surface area contributed by atoms with E-state index in [-0.39, 0.29) is 21.6 Å². The van der Waals surface area contributed by atoms with Crippen LogP contribution in [0, 0.1) is 32.6 Å². The summed E-state index contributed by atoms with van der Waals surface area (Å²) < 4.78 is 13.1. The van der Waals surface area contributed by atoms with E-state index in [0.717, 1.165) is 24.3 Å². The quantitative estimate of drug-likeness (QED) is 0.169. The third kappa shape index (κ3) is 3.01. The summed E-state index contributed by atoms with van der Waals surface area (Å²) in [4.78, 5) is 9.87. The van der Waals surface area contributed by atoms with Crippen molar-refractivity contribution in [3.63, 3.8) is 0 Å². The lowest BCUT2D eigenvalue weighted by Gasteiger charge is -2.04. The Balaban J connectivity index is 2.62. The van der Waals surface area contributed by atoms with E-state index in [9.17, 15) is 29.9 Å². The van der Waals surface area contributed by atoms with Crippen LogP contribution in [0.25, 0.3) is 11.6 Å². The van der Waals surface area contributed by atoms with Gasteiger partial charge in [0.15, 0.2) is 5.75 Å². The molecule has 0 aliphatic heterocycles. The first-order valence-electron chi connectivity index (χ1n) is 6.05. The van der Waals surface area contributed by atoms with E-state index in [1.807, 2.05) is 0 Å². The first kappa shape index (κ1) is 15.7. The lowest BCUT2D eigenvalue weighted by Crippen LogP contribution is -2.35. The van der Waals surface area contributed by atoms with Crippen molar-refractivity contribution >= 4 is 17.3 Å². The average molecular weight is 317 g/mol. The highest BCUT2D eigenvalue weighted by molar-refractivity contribution is 5.88. The second-order valence-electron chi connectivity index (χ2n) is 4.36. The zero-order chi connectivity index (χ0) is 17.1. The number of rotatable bonds is 3. The van der Waals surface area contributed by atoms with Crippen molar-refractivity contribution in [1.29, 1.82) is 5.26 Å². The van der Waals surface area contributed by atoms with E-state index in [1.54, 1.807) is 6.07 Å². The van der Waals surface area contributed by atoms with E-state index < -0.39 is 28.1 Å². The Morgan fingerprint density at radius 2 is 2.09 bits per heavy atom. The van der Waals surface area contributed by atoms with Crippen LogP contribution in [0.1, 0.15) is 11.3 Å². The molecule has 0 saturated carbocycles. The monoisotopic (exact) mass is 317 g/mol. The highest BCUT2D eigenvalue weighted by atomic mass is 19.1. The minimum atomic E-state index is -1.12. The van der Waals surface area contributed by atoms with Crippen molar-refractivity contribution in [3.05, 3.63) is 62.9 Å². The molecule has 2 N–H and O–H groups in total. The number of allylic oxidation sites excluding steroid dienone is 1. The van der Waals surface area contributed by atoms with Gasteiger partial charge in [-0.2, -0.15) is 5.26 Å². The fraction of sp³-hybridized carbons (Fsp3) is 0. The van der Waals surface area contributed by atoms with Crippen LogP contribution in [0.5, 0.6) is 11.5 Å². The van der Waals surface area contributed by atoms with Crippen molar-refractivity contribution < 1.29 is 24.3 Å². The number of nitro benzene ring substituents is 1. The van der Waals surface area contributed by atoms with Crippen molar-refractivity contribution in [2.75, 3.05) is 0 Å². The molecular weight excluding hydrogens is 309 g/mol. The topological polar surface area (TPSA) is 134 Å². The number of phenolic OH excluding ortho intramolecular Hbond substituents is 2. The molecule has 8 nitrogen and oxygen atoms in total. The van der Waals surface area contributed by atoms with E-state index in [1.165, 1.54) is 12.1 Å². The standard InChI is InChI=1S/C14H8FN3O5/c15-13-3-1-2-10(17(13)21)9(7-16)4-8-5-11(18(22)23)14(20)12(19)6-8/h1-6,19-20H/b9-4+. The average Bonchev–Trinajstić information content (AvgIpc) is 2.51. The van der Waals surface area contributed by atoms with Crippen LogP contribution >= 0.6 is 0 Å². The Bertz CT molecular complexity index is 873. The van der Waals surface area contributed by atoms with E-state index >= 15 is 0 Å². The first-order valence-corrected chi connectivity index (χ1v) is 6.05. The molecule has 2 aromatic rings. The minimum Gasteiger partial charge on any atom is -0.616 e. The number of nitrogens with zero attached hydrogens (tertiary/aromatic N) is 3. The maximum Gasteiger partial charge on any atom is 0.371 e. The van der Waals surface area contributed by atoms with Gasteiger partial charge in [-0.3, -0.25) is 10.1 Å². The third-order valence-electron chi connectivity index (χ3n) is 2.90. The molecule has 9 heteroatoms. The van der Waals surface area contributed by atoms with E-state index in [4.69, 9.17) is 5.26 Å². The first-order chi connectivity index (χ1) is 10.8. The molecule has 0 aliphatic rings.